The number of aromatic nitrogens is 1. The Labute approximate surface area is 112 Å². The first-order chi connectivity index (χ1) is 9.27. The highest BCUT2D eigenvalue weighted by molar-refractivity contribution is 5.68. The molecule has 0 aliphatic rings. The molecule has 0 bridgehead atoms. The first-order valence-electron chi connectivity index (χ1n) is 5.49. The minimum absolute atomic E-state index is 0.0495. The summed E-state index contributed by atoms with van der Waals surface area (Å²) in [6.07, 6.45) is 0.297. The second-order valence-corrected chi connectivity index (χ2v) is 3.96. The Morgan fingerprint density at radius 2 is 2.30 bits per heavy atom. The number of carbonyl (C=O) groups excluding carboxylic acids is 1. The van der Waals surface area contributed by atoms with Gasteiger partial charge in [-0.3, -0.25) is 10.2 Å². The van der Waals surface area contributed by atoms with Gasteiger partial charge in [-0.05, 0) is 12.1 Å². The SMILES string of the molecule is CC(c1nc(NC=O)ccc1F)C(F)(F)COC(=N)N. The van der Waals surface area contributed by atoms with Crippen LogP contribution in [0.1, 0.15) is 18.5 Å². The van der Waals surface area contributed by atoms with Gasteiger partial charge in [-0.1, -0.05) is 6.92 Å². The number of hydrogen-bond donors (Lipinski definition) is 3. The zero-order chi connectivity index (χ0) is 15.3. The Bertz CT molecular complexity index is 510. The lowest BCUT2D eigenvalue weighted by molar-refractivity contribution is -0.105. The summed E-state index contributed by atoms with van der Waals surface area (Å²) in [4.78, 5) is 13.9. The molecule has 0 saturated heterocycles. The van der Waals surface area contributed by atoms with E-state index < -0.39 is 36.0 Å². The summed E-state index contributed by atoms with van der Waals surface area (Å²) in [5.41, 5.74) is 4.30. The molecule has 1 aromatic rings. The highest BCUT2D eigenvalue weighted by Gasteiger charge is 2.41. The van der Waals surface area contributed by atoms with Crippen LogP contribution < -0.4 is 11.1 Å². The number of carbonyl (C=O) groups is 1. The lowest BCUT2D eigenvalue weighted by Gasteiger charge is -2.23. The number of rotatable bonds is 6. The van der Waals surface area contributed by atoms with E-state index in [1.54, 1.807) is 0 Å². The van der Waals surface area contributed by atoms with E-state index in [-0.39, 0.29) is 5.82 Å². The van der Waals surface area contributed by atoms with Gasteiger partial charge in [-0.2, -0.15) is 0 Å². The zero-order valence-corrected chi connectivity index (χ0v) is 10.5. The number of ether oxygens (including phenoxy) is 1. The van der Waals surface area contributed by atoms with Crippen LogP contribution in [0.25, 0.3) is 0 Å². The Hall–Kier alpha value is -2.32. The van der Waals surface area contributed by atoms with Crippen molar-refractivity contribution in [3.8, 4) is 0 Å². The third-order valence-electron chi connectivity index (χ3n) is 2.54. The van der Waals surface area contributed by atoms with Crippen molar-refractivity contribution in [2.45, 2.75) is 18.8 Å². The van der Waals surface area contributed by atoms with Crippen LogP contribution in [0.4, 0.5) is 19.0 Å². The molecule has 1 heterocycles. The lowest BCUT2D eigenvalue weighted by atomic mass is 9.99. The van der Waals surface area contributed by atoms with Crippen molar-refractivity contribution in [3.63, 3.8) is 0 Å². The summed E-state index contributed by atoms with van der Waals surface area (Å²) in [6.45, 7) is -0.116. The monoisotopic (exact) mass is 290 g/mol. The van der Waals surface area contributed by atoms with Crippen LogP contribution in [0.5, 0.6) is 0 Å². The van der Waals surface area contributed by atoms with Gasteiger partial charge in [0.05, 0.1) is 11.6 Å². The van der Waals surface area contributed by atoms with E-state index in [0.29, 0.717) is 6.41 Å². The quantitative estimate of drug-likeness (QED) is 0.419. The van der Waals surface area contributed by atoms with Gasteiger partial charge < -0.3 is 15.8 Å². The Balaban J connectivity index is 2.99. The van der Waals surface area contributed by atoms with Crippen molar-refractivity contribution in [1.82, 2.24) is 4.98 Å². The van der Waals surface area contributed by atoms with Gasteiger partial charge in [0.25, 0.3) is 11.9 Å². The maximum Gasteiger partial charge on any atom is 0.289 e. The van der Waals surface area contributed by atoms with Gasteiger partial charge >= 0.3 is 0 Å². The molecular weight excluding hydrogens is 277 g/mol. The maximum atomic E-state index is 13.8. The molecule has 1 aromatic heterocycles. The van der Waals surface area contributed by atoms with Crippen molar-refractivity contribution in [2.75, 3.05) is 11.9 Å². The number of nitrogens with zero attached hydrogens (tertiary/aromatic N) is 1. The second kappa shape index (κ2) is 6.22. The number of pyridine rings is 1. The third kappa shape index (κ3) is 3.84. The van der Waals surface area contributed by atoms with Gasteiger partial charge in [-0.15, -0.1) is 0 Å². The number of anilines is 1. The topological polar surface area (TPSA) is 101 Å². The molecular formula is C11H13F3N4O2. The van der Waals surface area contributed by atoms with E-state index in [2.05, 4.69) is 15.0 Å². The van der Waals surface area contributed by atoms with Crippen LogP contribution in [0.2, 0.25) is 0 Å². The highest BCUT2D eigenvalue weighted by Crippen LogP contribution is 2.34. The summed E-state index contributed by atoms with van der Waals surface area (Å²) in [5.74, 6) is -6.10. The van der Waals surface area contributed by atoms with Crippen molar-refractivity contribution < 1.29 is 22.7 Å². The van der Waals surface area contributed by atoms with E-state index in [0.717, 1.165) is 19.1 Å². The van der Waals surface area contributed by atoms with Gasteiger partial charge in [0.15, 0.2) is 6.61 Å². The fourth-order valence-electron chi connectivity index (χ4n) is 1.40. The number of nitrogens with two attached hydrogens (primary N) is 1. The molecule has 4 N–H and O–H groups in total. The number of hydrogen-bond acceptors (Lipinski definition) is 4. The number of nitrogens with one attached hydrogen (secondary N) is 2. The predicted octanol–water partition coefficient (Wildman–Crippen LogP) is 1.44. The van der Waals surface area contributed by atoms with E-state index in [9.17, 15) is 18.0 Å². The Morgan fingerprint density at radius 1 is 1.65 bits per heavy atom. The predicted molar refractivity (Wildman–Crippen MR) is 65.1 cm³/mol. The molecule has 9 heteroatoms. The van der Waals surface area contributed by atoms with Crippen LogP contribution in [0, 0.1) is 11.2 Å². The van der Waals surface area contributed by atoms with Crippen LogP contribution in [-0.2, 0) is 9.53 Å². The fourth-order valence-corrected chi connectivity index (χ4v) is 1.40. The molecule has 1 amide bonds. The van der Waals surface area contributed by atoms with Gasteiger partial charge in [-0.25, -0.2) is 18.2 Å². The smallest absolute Gasteiger partial charge is 0.289 e. The van der Waals surface area contributed by atoms with Crippen molar-refractivity contribution in [2.24, 2.45) is 5.73 Å². The molecule has 1 atom stereocenters. The summed E-state index contributed by atoms with van der Waals surface area (Å²) in [6, 6.07) is 1.21. The van der Waals surface area contributed by atoms with Gasteiger partial charge in [0.1, 0.15) is 11.6 Å². The van der Waals surface area contributed by atoms with Gasteiger partial charge in [0, 0.05) is 0 Å². The molecule has 0 aliphatic heterocycles. The Kier molecular flexibility index (Phi) is 4.89. The number of amides is 1. The minimum Gasteiger partial charge on any atom is -0.459 e. The lowest BCUT2D eigenvalue weighted by Crippen LogP contribution is -2.34. The second-order valence-electron chi connectivity index (χ2n) is 3.96. The molecule has 0 fully saturated rings. The first kappa shape index (κ1) is 15.7. The first-order valence-corrected chi connectivity index (χ1v) is 5.49. The number of amidine groups is 1. The zero-order valence-electron chi connectivity index (χ0n) is 10.5. The molecule has 0 aromatic carbocycles. The number of alkyl halides is 2. The summed E-state index contributed by atoms with van der Waals surface area (Å²) < 4.78 is 45.4. The summed E-state index contributed by atoms with van der Waals surface area (Å²) >= 11 is 0. The maximum absolute atomic E-state index is 13.8. The molecule has 110 valence electrons. The van der Waals surface area contributed by atoms with Crippen LogP contribution >= 0.6 is 0 Å². The van der Waals surface area contributed by atoms with Crippen LogP contribution in [0.15, 0.2) is 12.1 Å². The molecule has 1 unspecified atom stereocenters. The van der Waals surface area contributed by atoms with Crippen LogP contribution in [-0.4, -0.2) is 29.9 Å². The standard InChI is InChI=1S/C11H13F3N4O2/c1-6(11(13,14)4-20-10(15)16)9-7(12)2-3-8(18-9)17-5-19/h2-3,5-6H,4H2,1H3,(H3,15,16)(H,17,18,19). The fraction of sp³-hybridized carbons (Fsp3) is 0.364. The number of halogens is 3. The molecule has 0 spiro atoms. The molecule has 6 nitrogen and oxygen atoms in total. The van der Waals surface area contributed by atoms with E-state index in [4.69, 9.17) is 11.1 Å². The summed E-state index contributed by atoms with van der Waals surface area (Å²) in [5, 5.41) is 8.88. The Morgan fingerprint density at radius 3 is 2.85 bits per heavy atom. The van der Waals surface area contributed by atoms with E-state index in [1.807, 2.05) is 0 Å². The minimum atomic E-state index is -3.49. The van der Waals surface area contributed by atoms with Crippen molar-refractivity contribution in [3.05, 3.63) is 23.6 Å². The normalized spacial score (nSPS) is 12.6. The van der Waals surface area contributed by atoms with Crippen molar-refractivity contribution >= 4 is 18.2 Å². The summed E-state index contributed by atoms with van der Waals surface area (Å²) in [7, 11) is 0. The third-order valence-corrected chi connectivity index (χ3v) is 2.54. The largest absolute Gasteiger partial charge is 0.459 e. The van der Waals surface area contributed by atoms with Crippen molar-refractivity contribution in [1.29, 1.82) is 5.41 Å². The molecule has 0 radical (unpaired) electrons. The average Bonchev–Trinajstić information content (AvgIpc) is 2.38. The molecule has 1 rings (SSSR count). The van der Waals surface area contributed by atoms with E-state index >= 15 is 0 Å². The molecule has 20 heavy (non-hydrogen) atoms. The van der Waals surface area contributed by atoms with Crippen LogP contribution in [0.3, 0.4) is 0 Å². The average molecular weight is 290 g/mol. The van der Waals surface area contributed by atoms with Gasteiger partial charge in [0.2, 0.25) is 6.41 Å². The van der Waals surface area contributed by atoms with E-state index in [1.165, 1.54) is 0 Å². The molecule has 0 saturated carbocycles. The molecule has 0 aliphatic carbocycles. The highest BCUT2D eigenvalue weighted by atomic mass is 19.3.